The summed E-state index contributed by atoms with van der Waals surface area (Å²) in [5.74, 6) is 0.254. The molecule has 0 unspecified atom stereocenters. The molecule has 1 saturated carbocycles. The van der Waals surface area contributed by atoms with Crippen LogP contribution in [-0.2, 0) is 5.41 Å². The molecule has 0 amide bonds. The Kier molecular flexibility index (Phi) is 4.26. The molecular weight excluding hydrogens is 541 g/mol. The van der Waals surface area contributed by atoms with Gasteiger partial charge in [-0.2, -0.15) is 29.2 Å². The molecule has 0 saturated heterocycles. The van der Waals surface area contributed by atoms with Gasteiger partial charge in [-0.25, -0.2) is 19.9 Å². The van der Waals surface area contributed by atoms with E-state index in [-0.39, 0.29) is 16.7 Å². The molecule has 6 aromatic heterocycles. The third-order valence-corrected chi connectivity index (χ3v) is 11.2. The number of fused-ring (bicyclic) bond motifs is 8. The third kappa shape index (κ3) is 2.87. The molecule has 0 radical (unpaired) electrons. The van der Waals surface area contributed by atoms with E-state index in [9.17, 15) is 0 Å². The van der Waals surface area contributed by atoms with Crippen molar-refractivity contribution in [3.05, 3.63) is 58.5 Å². The lowest BCUT2D eigenvalue weighted by Crippen LogP contribution is -2.37. The van der Waals surface area contributed by atoms with Gasteiger partial charge in [-0.1, -0.05) is 67.7 Å². The number of benzene rings is 2. The first-order chi connectivity index (χ1) is 19.4. The maximum atomic E-state index is 5.11. The lowest BCUT2D eigenvalue weighted by molar-refractivity contribution is 0.198. The highest BCUT2D eigenvalue weighted by Crippen LogP contribution is 2.61. The zero-order valence-corrected chi connectivity index (χ0v) is 23.5. The minimum atomic E-state index is -0.161. The smallest absolute Gasteiger partial charge is 0.216 e. The quantitative estimate of drug-likeness (QED) is 0.254. The van der Waals surface area contributed by atoms with Crippen molar-refractivity contribution in [2.45, 2.75) is 44.9 Å². The Bertz CT molecular complexity index is 2310. The van der Waals surface area contributed by atoms with Gasteiger partial charge in [0.2, 0.25) is 32.5 Å². The van der Waals surface area contributed by atoms with Crippen molar-refractivity contribution >= 4 is 77.3 Å². The summed E-state index contributed by atoms with van der Waals surface area (Å²) >= 11 is 3.29. The van der Waals surface area contributed by atoms with Gasteiger partial charge in [0.1, 0.15) is 10.0 Å². The summed E-state index contributed by atoms with van der Waals surface area (Å²) in [6.45, 7) is 7.02. The van der Waals surface area contributed by atoms with Crippen LogP contribution in [0.5, 0.6) is 0 Å². The van der Waals surface area contributed by atoms with Crippen LogP contribution in [0.4, 0.5) is 0 Å². The Hall–Kier alpha value is -4.16. The topological polar surface area (TPSA) is 112 Å². The predicted molar refractivity (Wildman–Crippen MR) is 156 cm³/mol. The summed E-state index contributed by atoms with van der Waals surface area (Å²) in [7, 11) is 0. The van der Waals surface area contributed by atoms with Crippen LogP contribution in [0.1, 0.15) is 49.5 Å². The molecule has 1 aliphatic carbocycles. The van der Waals surface area contributed by atoms with E-state index in [0.717, 1.165) is 54.8 Å². The minimum Gasteiger partial charge on any atom is -0.223 e. The van der Waals surface area contributed by atoms with Crippen molar-refractivity contribution in [1.82, 2.24) is 49.1 Å². The van der Waals surface area contributed by atoms with Crippen LogP contribution in [0.25, 0.3) is 54.6 Å². The lowest BCUT2D eigenvalue weighted by atomic mass is 9.66. The second kappa shape index (κ2) is 7.52. The van der Waals surface area contributed by atoms with Crippen LogP contribution in [0, 0.1) is 5.41 Å². The van der Waals surface area contributed by atoms with Crippen LogP contribution in [0.2, 0.25) is 0 Å². The van der Waals surface area contributed by atoms with Crippen molar-refractivity contribution in [3.8, 4) is 0 Å². The van der Waals surface area contributed by atoms with Gasteiger partial charge >= 0.3 is 0 Å². The van der Waals surface area contributed by atoms with Crippen molar-refractivity contribution in [3.63, 3.8) is 0 Å². The monoisotopic (exact) mass is 562 g/mol. The van der Waals surface area contributed by atoms with Gasteiger partial charge < -0.3 is 0 Å². The molecule has 10 nitrogen and oxygen atoms in total. The van der Waals surface area contributed by atoms with Crippen LogP contribution < -0.4 is 0 Å². The lowest BCUT2D eigenvalue weighted by Gasteiger charge is -2.39. The molecule has 0 aliphatic heterocycles. The molecule has 8 aromatic rings. The minimum absolute atomic E-state index is 0.110. The molecule has 2 atom stereocenters. The number of nitrogens with zero attached hydrogens (tertiary/aromatic N) is 10. The molecular formula is C28H22N10S2. The van der Waals surface area contributed by atoms with Gasteiger partial charge in [-0.05, 0) is 42.5 Å². The summed E-state index contributed by atoms with van der Waals surface area (Å²) in [5.41, 5.74) is 5.78. The van der Waals surface area contributed by atoms with Gasteiger partial charge in [-0.3, -0.25) is 0 Å². The fourth-order valence-corrected chi connectivity index (χ4v) is 8.70. The fraction of sp³-hybridized carbons (Fsp3) is 0.286. The van der Waals surface area contributed by atoms with Crippen molar-refractivity contribution in [2.75, 3.05) is 0 Å². The standard InChI is InChI=1S/C28H22N10S2/c1-27(2)14(23-35-37-21-19(33-25(37)39-23)29-15-8-4-6-10-17(15)31-21)12-13-28(27,3)24-36-38-22-20(34-26(38)40-24)30-16-9-5-7-11-18(16)32-22/h4-11,14H,12-13H2,1-3H3/t14-,28+/m1/s1. The van der Waals surface area contributed by atoms with E-state index in [4.69, 9.17) is 40.1 Å². The third-order valence-electron chi connectivity index (χ3n) is 9.01. The van der Waals surface area contributed by atoms with E-state index in [0.29, 0.717) is 22.6 Å². The van der Waals surface area contributed by atoms with Crippen molar-refractivity contribution < 1.29 is 0 Å². The van der Waals surface area contributed by atoms with Crippen LogP contribution in [-0.4, -0.2) is 49.1 Å². The second-order valence-corrected chi connectivity index (χ2v) is 13.3. The van der Waals surface area contributed by atoms with E-state index in [1.807, 2.05) is 57.6 Å². The molecule has 196 valence electrons. The van der Waals surface area contributed by atoms with Crippen molar-refractivity contribution in [2.24, 2.45) is 5.41 Å². The molecule has 0 spiro atoms. The molecule has 1 fully saturated rings. The van der Waals surface area contributed by atoms with Gasteiger partial charge in [0.05, 0.1) is 22.1 Å². The highest BCUT2D eigenvalue weighted by Gasteiger charge is 2.55. The Balaban J connectivity index is 1.13. The zero-order valence-electron chi connectivity index (χ0n) is 21.9. The second-order valence-electron chi connectivity index (χ2n) is 11.3. The van der Waals surface area contributed by atoms with Gasteiger partial charge in [0.15, 0.2) is 0 Å². The molecule has 2 aromatic carbocycles. The number of aromatic nitrogens is 10. The van der Waals surface area contributed by atoms with E-state index in [1.54, 1.807) is 22.7 Å². The summed E-state index contributed by atoms with van der Waals surface area (Å²) in [6.07, 6.45) is 2.01. The van der Waals surface area contributed by atoms with E-state index in [2.05, 4.69) is 20.8 Å². The molecule has 40 heavy (non-hydrogen) atoms. The fourth-order valence-electron chi connectivity index (χ4n) is 6.26. The Labute approximate surface area is 234 Å². The van der Waals surface area contributed by atoms with E-state index >= 15 is 0 Å². The number of para-hydroxylation sites is 4. The Morgan fingerprint density at radius 2 is 1.20 bits per heavy atom. The average molecular weight is 563 g/mol. The van der Waals surface area contributed by atoms with Crippen LogP contribution >= 0.6 is 22.7 Å². The normalized spacial score (nSPS) is 21.2. The van der Waals surface area contributed by atoms with Gasteiger partial charge in [0.25, 0.3) is 0 Å². The SMILES string of the molecule is CC1(C)[C@@H](c2nn3c(nc4nc5ccccc5nc43)s2)CC[C@@]1(C)c1nn2c(nc3nc4ccccc4nc32)s1. The molecule has 9 rings (SSSR count). The highest BCUT2D eigenvalue weighted by atomic mass is 32.1. The first-order valence-corrected chi connectivity index (χ1v) is 14.9. The first kappa shape index (κ1) is 22.6. The van der Waals surface area contributed by atoms with Crippen molar-refractivity contribution in [1.29, 1.82) is 0 Å². The Morgan fingerprint density at radius 1 is 0.675 bits per heavy atom. The number of rotatable bonds is 2. The summed E-state index contributed by atoms with van der Waals surface area (Å²) in [5, 5.41) is 12.3. The van der Waals surface area contributed by atoms with Gasteiger partial charge in [-0.15, -0.1) is 0 Å². The van der Waals surface area contributed by atoms with Crippen LogP contribution in [0.15, 0.2) is 48.5 Å². The summed E-state index contributed by atoms with van der Waals surface area (Å²) < 4.78 is 3.74. The average Bonchev–Trinajstić information content (AvgIpc) is 3.73. The highest BCUT2D eigenvalue weighted by molar-refractivity contribution is 7.17. The van der Waals surface area contributed by atoms with E-state index in [1.165, 1.54) is 0 Å². The molecule has 0 bridgehead atoms. The number of imidazole rings is 2. The first-order valence-electron chi connectivity index (χ1n) is 13.2. The predicted octanol–water partition coefficient (Wildman–Crippen LogP) is 5.95. The number of hydrogen-bond acceptors (Lipinski definition) is 10. The molecule has 12 heteroatoms. The van der Waals surface area contributed by atoms with Gasteiger partial charge in [0, 0.05) is 11.3 Å². The number of hydrogen-bond donors (Lipinski definition) is 0. The summed E-state index contributed by atoms with van der Waals surface area (Å²) in [4.78, 5) is 30.3. The molecule has 0 N–H and O–H groups in total. The molecule has 1 aliphatic rings. The maximum Gasteiger partial charge on any atom is 0.216 e. The Morgan fingerprint density at radius 3 is 1.80 bits per heavy atom. The van der Waals surface area contributed by atoms with Crippen LogP contribution in [0.3, 0.4) is 0 Å². The summed E-state index contributed by atoms with van der Waals surface area (Å²) in [6, 6.07) is 15.8. The van der Waals surface area contributed by atoms with E-state index < -0.39 is 0 Å². The maximum absolute atomic E-state index is 5.11. The molecule has 6 heterocycles. The zero-order chi connectivity index (χ0) is 26.8. The largest absolute Gasteiger partial charge is 0.223 e.